The molecule has 0 unspecified atom stereocenters. The molecule has 4 nitrogen and oxygen atoms in total. The fourth-order valence-electron chi connectivity index (χ4n) is 0.464. The van der Waals surface area contributed by atoms with E-state index in [-0.39, 0.29) is 0 Å². The van der Waals surface area contributed by atoms with E-state index in [1.807, 2.05) is 0 Å². The Morgan fingerprint density at radius 1 is 1.38 bits per heavy atom. The van der Waals surface area contributed by atoms with Crippen molar-refractivity contribution in [2.24, 2.45) is 5.73 Å². The highest BCUT2D eigenvalue weighted by molar-refractivity contribution is 5.89. The molecule has 0 aliphatic heterocycles. The first kappa shape index (κ1) is 11.7. The molecule has 0 heterocycles. The molecule has 0 aliphatic carbocycles. The van der Waals surface area contributed by atoms with Gasteiger partial charge in [0, 0.05) is 6.42 Å². The van der Waals surface area contributed by atoms with Crippen LogP contribution in [0.1, 0.15) is 6.42 Å². The van der Waals surface area contributed by atoms with Crippen molar-refractivity contribution in [1.29, 1.82) is 0 Å². The molecule has 0 saturated heterocycles. The summed E-state index contributed by atoms with van der Waals surface area (Å²) in [5.74, 6) is -1.74. The van der Waals surface area contributed by atoms with Crippen molar-refractivity contribution < 1.29 is 22.8 Å². The maximum absolute atomic E-state index is 11.5. The number of carbonyl (C=O) groups excluding carboxylic acids is 2. The zero-order valence-corrected chi connectivity index (χ0v) is 6.52. The first-order chi connectivity index (χ1) is 5.81. The van der Waals surface area contributed by atoms with E-state index < -0.39 is 31.0 Å². The van der Waals surface area contributed by atoms with E-state index in [0.717, 1.165) is 6.42 Å². The summed E-state index contributed by atoms with van der Waals surface area (Å²) < 4.78 is 34.5. The van der Waals surface area contributed by atoms with Gasteiger partial charge in [0.2, 0.25) is 11.8 Å². The summed E-state index contributed by atoms with van der Waals surface area (Å²) in [7, 11) is 0. The van der Waals surface area contributed by atoms with Gasteiger partial charge in [0.1, 0.15) is 6.54 Å². The summed E-state index contributed by atoms with van der Waals surface area (Å²) in [4.78, 5) is 20.6. The van der Waals surface area contributed by atoms with E-state index >= 15 is 0 Å². The SMILES string of the molecule is NC(=O)[CH]CC(=O)NCC(F)(F)F. The number of nitrogens with two attached hydrogens (primary N) is 1. The van der Waals surface area contributed by atoms with Gasteiger partial charge in [0.15, 0.2) is 0 Å². The average Bonchev–Trinajstić information content (AvgIpc) is 1.95. The fourth-order valence-corrected chi connectivity index (χ4v) is 0.464. The van der Waals surface area contributed by atoms with E-state index in [0.29, 0.717) is 0 Å². The highest BCUT2D eigenvalue weighted by atomic mass is 19.4. The van der Waals surface area contributed by atoms with Crippen LogP contribution in [0.3, 0.4) is 0 Å². The summed E-state index contributed by atoms with van der Waals surface area (Å²) in [6.07, 6.45) is -4.08. The third-order valence-electron chi connectivity index (χ3n) is 0.975. The normalized spacial score (nSPS) is 11.0. The molecule has 0 rings (SSSR count). The smallest absolute Gasteiger partial charge is 0.369 e. The van der Waals surface area contributed by atoms with Gasteiger partial charge in [0.25, 0.3) is 0 Å². The molecule has 0 atom stereocenters. The van der Waals surface area contributed by atoms with E-state index in [1.165, 1.54) is 0 Å². The molecule has 0 saturated carbocycles. The summed E-state index contributed by atoms with van der Waals surface area (Å²) >= 11 is 0. The summed E-state index contributed by atoms with van der Waals surface area (Å²) in [5.41, 5.74) is 4.63. The highest BCUT2D eigenvalue weighted by Crippen LogP contribution is 2.12. The first-order valence-corrected chi connectivity index (χ1v) is 3.27. The minimum Gasteiger partial charge on any atom is -0.369 e. The molecule has 0 aromatic carbocycles. The number of amides is 2. The molecule has 7 heteroatoms. The number of hydrogen-bond acceptors (Lipinski definition) is 2. The number of hydrogen-bond donors (Lipinski definition) is 2. The first-order valence-electron chi connectivity index (χ1n) is 3.27. The molecule has 1 radical (unpaired) electrons. The second-order valence-corrected chi connectivity index (χ2v) is 2.20. The molecule has 2 amide bonds. The van der Waals surface area contributed by atoms with Crippen molar-refractivity contribution in [3.8, 4) is 0 Å². The fraction of sp³-hybridized carbons (Fsp3) is 0.500. The minimum absolute atomic E-state index is 0.439. The van der Waals surface area contributed by atoms with Crippen LogP contribution in [0.25, 0.3) is 0 Å². The molecular formula is C6H8F3N2O2. The maximum Gasteiger partial charge on any atom is 0.405 e. The van der Waals surface area contributed by atoms with Gasteiger partial charge in [-0.15, -0.1) is 0 Å². The third kappa shape index (κ3) is 8.64. The number of nitrogens with one attached hydrogen (secondary N) is 1. The second kappa shape index (κ2) is 4.68. The molecular weight excluding hydrogens is 189 g/mol. The molecule has 0 aromatic rings. The Bertz CT molecular complexity index is 203. The van der Waals surface area contributed by atoms with Crippen LogP contribution in [0.4, 0.5) is 13.2 Å². The van der Waals surface area contributed by atoms with Gasteiger partial charge in [-0.25, -0.2) is 0 Å². The number of halogens is 3. The van der Waals surface area contributed by atoms with Gasteiger partial charge in [-0.3, -0.25) is 9.59 Å². The van der Waals surface area contributed by atoms with Gasteiger partial charge in [-0.1, -0.05) is 0 Å². The van der Waals surface area contributed by atoms with Crippen molar-refractivity contribution in [1.82, 2.24) is 5.32 Å². The molecule has 3 N–H and O–H groups in total. The third-order valence-corrected chi connectivity index (χ3v) is 0.975. The molecule has 13 heavy (non-hydrogen) atoms. The Kier molecular flexibility index (Phi) is 4.22. The van der Waals surface area contributed by atoms with Crippen molar-refractivity contribution in [3.05, 3.63) is 6.42 Å². The maximum atomic E-state index is 11.5. The van der Waals surface area contributed by atoms with Gasteiger partial charge >= 0.3 is 6.18 Å². The lowest BCUT2D eigenvalue weighted by Gasteiger charge is -2.07. The number of alkyl halides is 3. The van der Waals surface area contributed by atoms with E-state index in [9.17, 15) is 22.8 Å². The Labute approximate surface area is 72.3 Å². The Morgan fingerprint density at radius 3 is 2.31 bits per heavy atom. The average molecular weight is 197 g/mol. The van der Waals surface area contributed by atoms with Gasteiger partial charge in [-0.05, 0) is 0 Å². The van der Waals surface area contributed by atoms with Crippen LogP contribution < -0.4 is 11.1 Å². The molecule has 0 bridgehead atoms. The van der Waals surface area contributed by atoms with Crippen molar-refractivity contribution in [3.63, 3.8) is 0 Å². The Balaban J connectivity index is 3.58. The number of primary amides is 1. The zero-order chi connectivity index (χ0) is 10.5. The van der Waals surface area contributed by atoms with Crippen LogP contribution in [0.2, 0.25) is 0 Å². The standard InChI is InChI=1S/C6H8F3N2O2/c7-6(8,9)3-11-5(13)2-1-4(10)12/h1H,2-3H2,(H2,10,12)(H,11,13). The molecule has 0 spiro atoms. The van der Waals surface area contributed by atoms with Crippen molar-refractivity contribution in [2.45, 2.75) is 12.6 Å². The minimum atomic E-state index is -4.44. The predicted molar refractivity (Wildman–Crippen MR) is 37.2 cm³/mol. The van der Waals surface area contributed by atoms with Crippen LogP contribution in [-0.2, 0) is 9.59 Å². The van der Waals surface area contributed by atoms with Crippen molar-refractivity contribution >= 4 is 11.8 Å². The summed E-state index contributed by atoms with van der Waals surface area (Å²) in [6, 6.07) is 0. The lowest BCUT2D eigenvalue weighted by atomic mass is 10.3. The molecule has 0 aliphatic rings. The summed E-state index contributed by atoms with van der Waals surface area (Å²) in [6.45, 7) is -1.40. The van der Waals surface area contributed by atoms with Crippen molar-refractivity contribution in [2.75, 3.05) is 6.54 Å². The topological polar surface area (TPSA) is 72.2 Å². The van der Waals surface area contributed by atoms with Crippen LogP contribution >= 0.6 is 0 Å². The molecule has 0 fully saturated rings. The van der Waals surface area contributed by atoms with Gasteiger partial charge in [-0.2, -0.15) is 13.2 Å². The van der Waals surface area contributed by atoms with Crippen LogP contribution in [0.15, 0.2) is 0 Å². The zero-order valence-electron chi connectivity index (χ0n) is 6.52. The summed E-state index contributed by atoms with van der Waals surface area (Å²) in [5, 5.41) is 1.58. The van der Waals surface area contributed by atoms with Crippen LogP contribution in [0.5, 0.6) is 0 Å². The molecule has 0 aromatic heterocycles. The van der Waals surface area contributed by atoms with E-state index in [2.05, 4.69) is 5.73 Å². The van der Waals surface area contributed by atoms with Crippen LogP contribution in [-0.4, -0.2) is 24.5 Å². The highest BCUT2D eigenvalue weighted by Gasteiger charge is 2.27. The largest absolute Gasteiger partial charge is 0.405 e. The second-order valence-electron chi connectivity index (χ2n) is 2.20. The predicted octanol–water partition coefficient (Wildman–Crippen LogP) is -0.255. The van der Waals surface area contributed by atoms with E-state index in [1.54, 1.807) is 5.32 Å². The molecule has 75 valence electrons. The lowest BCUT2D eigenvalue weighted by Crippen LogP contribution is -2.34. The van der Waals surface area contributed by atoms with Gasteiger partial charge in [0.05, 0.1) is 6.42 Å². The van der Waals surface area contributed by atoms with Gasteiger partial charge < -0.3 is 11.1 Å². The number of rotatable bonds is 4. The monoisotopic (exact) mass is 197 g/mol. The Hall–Kier alpha value is -1.27. The lowest BCUT2D eigenvalue weighted by molar-refractivity contribution is -0.138. The Morgan fingerprint density at radius 2 is 1.92 bits per heavy atom. The number of carbonyl (C=O) groups is 2. The quantitative estimate of drug-likeness (QED) is 0.652. The van der Waals surface area contributed by atoms with Crippen LogP contribution in [0, 0.1) is 6.42 Å². The van der Waals surface area contributed by atoms with E-state index in [4.69, 9.17) is 0 Å².